The second-order valence-electron chi connectivity index (χ2n) is 7.18. The standard InChI is InChI=1S/C20H23N5O/c1-14-9-15(2)19(25-7-4-5-22-25)17(10-14)20-21-6-8-24(20)13-16-11-18(26)23(3)12-16/h4-10,16H,11-13H2,1-3H3. The number of carbonyl (C=O) groups is 1. The first-order chi connectivity index (χ1) is 12.5. The van der Waals surface area contributed by atoms with Crippen molar-refractivity contribution in [3.05, 3.63) is 54.1 Å². The van der Waals surface area contributed by atoms with Crippen LogP contribution in [0.4, 0.5) is 0 Å². The molecule has 0 aliphatic carbocycles. The summed E-state index contributed by atoms with van der Waals surface area (Å²) >= 11 is 0. The molecule has 0 bridgehead atoms. The van der Waals surface area contributed by atoms with E-state index in [0.29, 0.717) is 12.3 Å². The molecule has 3 heterocycles. The Balaban J connectivity index is 1.76. The third kappa shape index (κ3) is 2.92. The third-order valence-electron chi connectivity index (χ3n) is 5.01. The number of likely N-dealkylation sites (tertiary alicyclic amines) is 1. The van der Waals surface area contributed by atoms with Crippen molar-refractivity contribution < 1.29 is 4.79 Å². The molecule has 1 unspecified atom stereocenters. The molecule has 1 atom stereocenters. The van der Waals surface area contributed by atoms with E-state index in [9.17, 15) is 4.79 Å². The van der Waals surface area contributed by atoms with Crippen molar-refractivity contribution in [1.29, 1.82) is 0 Å². The number of benzene rings is 1. The highest BCUT2D eigenvalue weighted by molar-refractivity contribution is 5.78. The average molecular weight is 349 g/mol. The van der Waals surface area contributed by atoms with Gasteiger partial charge in [-0.25, -0.2) is 9.67 Å². The Kier molecular flexibility index (Phi) is 4.11. The summed E-state index contributed by atoms with van der Waals surface area (Å²) in [6.07, 6.45) is 8.19. The molecule has 1 aromatic carbocycles. The molecule has 0 spiro atoms. The van der Waals surface area contributed by atoms with Gasteiger partial charge in [-0.2, -0.15) is 5.10 Å². The quantitative estimate of drug-likeness (QED) is 0.728. The van der Waals surface area contributed by atoms with Gasteiger partial charge < -0.3 is 9.47 Å². The molecule has 1 aliphatic heterocycles. The molecule has 1 saturated heterocycles. The lowest BCUT2D eigenvalue weighted by atomic mass is 10.0. The predicted molar refractivity (Wildman–Crippen MR) is 100 cm³/mol. The molecule has 1 aliphatic rings. The lowest BCUT2D eigenvalue weighted by Gasteiger charge is -2.17. The molecule has 0 N–H and O–H groups in total. The van der Waals surface area contributed by atoms with Gasteiger partial charge in [0, 0.05) is 62.8 Å². The Morgan fingerprint density at radius 1 is 1.19 bits per heavy atom. The second kappa shape index (κ2) is 6.44. The minimum atomic E-state index is 0.222. The minimum Gasteiger partial charge on any atom is -0.345 e. The van der Waals surface area contributed by atoms with Gasteiger partial charge in [0.15, 0.2) is 0 Å². The highest BCUT2D eigenvalue weighted by atomic mass is 16.2. The Labute approximate surface area is 153 Å². The first kappa shape index (κ1) is 16.6. The first-order valence-corrected chi connectivity index (χ1v) is 8.89. The van der Waals surface area contributed by atoms with Crippen molar-refractivity contribution in [1.82, 2.24) is 24.2 Å². The smallest absolute Gasteiger partial charge is 0.222 e. The summed E-state index contributed by atoms with van der Waals surface area (Å²) in [6, 6.07) is 6.25. The number of carbonyl (C=O) groups excluding carboxylic acids is 1. The van der Waals surface area contributed by atoms with Gasteiger partial charge in [-0.05, 0) is 37.1 Å². The molecule has 0 radical (unpaired) electrons. The molecule has 2 aromatic heterocycles. The SMILES string of the molecule is Cc1cc(C)c(-n2cccn2)c(-c2nccn2CC2CC(=O)N(C)C2)c1. The Hall–Kier alpha value is -2.89. The predicted octanol–water partition coefficient (Wildman–Crippen LogP) is 2.83. The summed E-state index contributed by atoms with van der Waals surface area (Å²) in [7, 11) is 1.87. The van der Waals surface area contributed by atoms with Gasteiger partial charge in [0.05, 0.1) is 5.69 Å². The average Bonchev–Trinajstić information content (AvgIpc) is 3.30. The molecular formula is C20H23N5O. The van der Waals surface area contributed by atoms with E-state index >= 15 is 0 Å². The largest absolute Gasteiger partial charge is 0.345 e. The van der Waals surface area contributed by atoms with Crippen LogP contribution < -0.4 is 0 Å². The molecule has 6 nitrogen and oxygen atoms in total. The Morgan fingerprint density at radius 3 is 2.73 bits per heavy atom. The number of amides is 1. The maximum absolute atomic E-state index is 11.9. The van der Waals surface area contributed by atoms with E-state index in [1.807, 2.05) is 41.3 Å². The molecule has 1 amide bonds. The van der Waals surface area contributed by atoms with Crippen LogP contribution in [0.25, 0.3) is 17.1 Å². The van der Waals surface area contributed by atoms with Crippen molar-refractivity contribution in [2.24, 2.45) is 5.92 Å². The zero-order valence-electron chi connectivity index (χ0n) is 15.4. The molecule has 26 heavy (non-hydrogen) atoms. The number of rotatable bonds is 4. The second-order valence-corrected chi connectivity index (χ2v) is 7.18. The summed E-state index contributed by atoms with van der Waals surface area (Å²) < 4.78 is 4.06. The van der Waals surface area contributed by atoms with E-state index in [0.717, 1.165) is 35.7 Å². The monoisotopic (exact) mass is 349 g/mol. The van der Waals surface area contributed by atoms with Crippen molar-refractivity contribution in [2.75, 3.05) is 13.6 Å². The van der Waals surface area contributed by atoms with Crippen LogP contribution in [0.3, 0.4) is 0 Å². The number of hydrogen-bond donors (Lipinski definition) is 0. The highest BCUT2D eigenvalue weighted by Crippen LogP contribution is 2.30. The fourth-order valence-electron chi connectivity index (χ4n) is 3.89. The molecule has 0 saturated carbocycles. The highest BCUT2D eigenvalue weighted by Gasteiger charge is 2.28. The van der Waals surface area contributed by atoms with Crippen molar-refractivity contribution >= 4 is 5.91 Å². The normalized spacial score (nSPS) is 17.3. The van der Waals surface area contributed by atoms with Crippen LogP contribution in [-0.2, 0) is 11.3 Å². The van der Waals surface area contributed by atoms with Gasteiger partial charge in [0.25, 0.3) is 0 Å². The Morgan fingerprint density at radius 2 is 2.04 bits per heavy atom. The van der Waals surface area contributed by atoms with Gasteiger partial charge in [-0.3, -0.25) is 4.79 Å². The van der Waals surface area contributed by atoms with Gasteiger partial charge in [-0.1, -0.05) is 6.07 Å². The van der Waals surface area contributed by atoms with Gasteiger partial charge >= 0.3 is 0 Å². The lowest BCUT2D eigenvalue weighted by molar-refractivity contribution is -0.126. The van der Waals surface area contributed by atoms with Crippen LogP contribution in [0.15, 0.2) is 43.0 Å². The van der Waals surface area contributed by atoms with Crippen LogP contribution in [0.1, 0.15) is 17.5 Å². The summed E-state index contributed by atoms with van der Waals surface area (Å²) in [5.41, 5.74) is 4.47. The lowest BCUT2D eigenvalue weighted by Crippen LogP contribution is -2.20. The summed E-state index contributed by atoms with van der Waals surface area (Å²) in [4.78, 5) is 18.3. The van der Waals surface area contributed by atoms with Crippen LogP contribution >= 0.6 is 0 Å². The number of aromatic nitrogens is 4. The van der Waals surface area contributed by atoms with E-state index in [4.69, 9.17) is 0 Å². The van der Waals surface area contributed by atoms with E-state index < -0.39 is 0 Å². The van der Waals surface area contributed by atoms with E-state index in [2.05, 4.69) is 40.6 Å². The number of imidazole rings is 1. The van der Waals surface area contributed by atoms with E-state index in [1.54, 1.807) is 6.20 Å². The molecule has 6 heteroatoms. The minimum absolute atomic E-state index is 0.222. The first-order valence-electron chi connectivity index (χ1n) is 8.89. The van der Waals surface area contributed by atoms with Crippen LogP contribution in [-0.4, -0.2) is 43.7 Å². The zero-order chi connectivity index (χ0) is 18.3. The van der Waals surface area contributed by atoms with Crippen molar-refractivity contribution in [3.8, 4) is 17.1 Å². The molecule has 134 valence electrons. The van der Waals surface area contributed by atoms with Crippen LogP contribution in [0.5, 0.6) is 0 Å². The van der Waals surface area contributed by atoms with Crippen molar-refractivity contribution in [2.45, 2.75) is 26.8 Å². The Bertz CT molecular complexity index is 941. The van der Waals surface area contributed by atoms with Crippen LogP contribution in [0, 0.1) is 19.8 Å². The fraction of sp³-hybridized carbons (Fsp3) is 0.350. The van der Waals surface area contributed by atoms with Gasteiger partial charge in [0.1, 0.15) is 5.82 Å². The molecule has 1 fully saturated rings. The van der Waals surface area contributed by atoms with Gasteiger partial charge in [0.2, 0.25) is 5.91 Å². The maximum atomic E-state index is 11.9. The van der Waals surface area contributed by atoms with Crippen molar-refractivity contribution in [3.63, 3.8) is 0 Å². The molecule has 3 aromatic rings. The number of hydrogen-bond acceptors (Lipinski definition) is 3. The fourth-order valence-corrected chi connectivity index (χ4v) is 3.89. The molecule has 4 rings (SSSR count). The third-order valence-corrected chi connectivity index (χ3v) is 5.01. The summed E-state index contributed by atoms with van der Waals surface area (Å²) in [5, 5.41) is 4.43. The number of aryl methyl sites for hydroxylation is 2. The zero-order valence-corrected chi connectivity index (χ0v) is 15.4. The number of nitrogens with zero attached hydrogens (tertiary/aromatic N) is 5. The molecular weight excluding hydrogens is 326 g/mol. The van der Waals surface area contributed by atoms with Crippen LogP contribution in [0.2, 0.25) is 0 Å². The van der Waals surface area contributed by atoms with E-state index in [1.165, 1.54) is 5.56 Å². The van der Waals surface area contributed by atoms with Gasteiger partial charge in [-0.15, -0.1) is 0 Å². The van der Waals surface area contributed by atoms with E-state index in [-0.39, 0.29) is 5.91 Å². The summed E-state index contributed by atoms with van der Waals surface area (Å²) in [6.45, 7) is 5.79. The maximum Gasteiger partial charge on any atom is 0.222 e. The summed E-state index contributed by atoms with van der Waals surface area (Å²) in [5.74, 6) is 1.46. The topological polar surface area (TPSA) is 56.0 Å².